The second-order valence-corrected chi connectivity index (χ2v) is 9.26. The minimum Gasteiger partial charge on any atom is -0.339 e. The van der Waals surface area contributed by atoms with E-state index in [4.69, 9.17) is 0 Å². The van der Waals surface area contributed by atoms with Crippen molar-refractivity contribution in [2.45, 2.75) is 29.9 Å². The molecule has 1 saturated heterocycles. The molecule has 0 aromatic heterocycles. The van der Waals surface area contributed by atoms with E-state index in [-0.39, 0.29) is 17.4 Å². The maximum absolute atomic E-state index is 12.6. The number of nitrogens with zero attached hydrogens (tertiary/aromatic N) is 2. The Morgan fingerprint density at radius 1 is 0.871 bits per heavy atom. The third-order valence-corrected chi connectivity index (χ3v) is 6.68. The average molecular weight is 451 g/mol. The summed E-state index contributed by atoms with van der Waals surface area (Å²) < 4.78 is 48.2. The number of benzene rings is 2. The highest BCUT2D eigenvalue weighted by atomic mass is 32.2. The fourth-order valence-electron chi connectivity index (χ4n) is 3.48. The number of piperazine rings is 1. The van der Waals surface area contributed by atoms with Gasteiger partial charge in [0.15, 0.2) is 0 Å². The molecule has 0 radical (unpaired) electrons. The number of halogens is 2. The molecular formula is C22H24F2N2O4S. The van der Waals surface area contributed by atoms with Crippen LogP contribution in [0.1, 0.15) is 28.8 Å². The number of aryl methyl sites for hydroxylation is 1. The van der Waals surface area contributed by atoms with Crippen molar-refractivity contribution in [2.75, 3.05) is 26.2 Å². The van der Waals surface area contributed by atoms with E-state index < -0.39 is 20.5 Å². The molecule has 0 atom stereocenters. The van der Waals surface area contributed by atoms with E-state index >= 15 is 0 Å². The van der Waals surface area contributed by atoms with E-state index in [1.54, 1.807) is 9.80 Å². The number of rotatable bonds is 7. The average Bonchev–Trinajstić information content (AvgIpc) is 2.79. The summed E-state index contributed by atoms with van der Waals surface area (Å²) in [4.78, 5) is 27.8. The van der Waals surface area contributed by atoms with Gasteiger partial charge in [-0.1, -0.05) is 30.3 Å². The Bertz CT molecular complexity index is 1000. The zero-order valence-corrected chi connectivity index (χ0v) is 17.7. The van der Waals surface area contributed by atoms with E-state index in [1.165, 1.54) is 17.7 Å². The Hall–Kier alpha value is -2.81. The minimum absolute atomic E-state index is 0.0598. The van der Waals surface area contributed by atoms with Crippen LogP contribution in [0.2, 0.25) is 0 Å². The second kappa shape index (κ2) is 10.00. The molecule has 1 aliphatic rings. The number of hydrogen-bond acceptors (Lipinski definition) is 4. The molecule has 0 unspecified atom stereocenters. The molecule has 166 valence electrons. The quantitative estimate of drug-likeness (QED) is 0.650. The van der Waals surface area contributed by atoms with Gasteiger partial charge in [-0.15, -0.1) is 0 Å². The normalized spacial score (nSPS) is 14.7. The lowest BCUT2D eigenvalue weighted by atomic mass is 10.1. The van der Waals surface area contributed by atoms with Crippen LogP contribution in [0.4, 0.5) is 8.78 Å². The van der Waals surface area contributed by atoms with Crippen LogP contribution in [-0.4, -0.2) is 62.0 Å². The first-order valence-electron chi connectivity index (χ1n) is 10.0. The maximum Gasteiger partial charge on any atom is 0.341 e. The van der Waals surface area contributed by atoms with Gasteiger partial charge < -0.3 is 9.80 Å². The SMILES string of the molecule is O=C(CCCc1ccccc1)N1CCN(C(=O)c2ccc(S(=O)(=O)C(F)F)cc2)CC1. The topological polar surface area (TPSA) is 74.8 Å². The summed E-state index contributed by atoms with van der Waals surface area (Å²) in [6.07, 6.45) is 2.04. The van der Waals surface area contributed by atoms with Crippen LogP contribution in [0.3, 0.4) is 0 Å². The van der Waals surface area contributed by atoms with Crippen molar-refractivity contribution >= 4 is 21.7 Å². The Balaban J connectivity index is 1.48. The van der Waals surface area contributed by atoms with Crippen LogP contribution < -0.4 is 0 Å². The molecule has 1 heterocycles. The van der Waals surface area contributed by atoms with Crippen molar-refractivity contribution in [1.82, 2.24) is 9.80 Å². The summed E-state index contributed by atoms with van der Waals surface area (Å²) in [7, 11) is -4.69. The van der Waals surface area contributed by atoms with Crippen LogP contribution in [-0.2, 0) is 21.1 Å². The van der Waals surface area contributed by atoms with Gasteiger partial charge in [-0.25, -0.2) is 8.42 Å². The van der Waals surface area contributed by atoms with Gasteiger partial charge in [0.2, 0.25) is 15.7 Å². The van der Waals surface area contributed by atoms with Gasteiger partial charge in [0.1, 0.15) is 0 Å². The van der Waals surface area contributed by atoms with Gasteiger partial charge in [-0.3, -0.25) is 9.59 Å². The Labute approximate surface area is 180 Å². The van der Waals surface area contributed by atoms with Crippen molar-refractivity contribution in [3.8, 4) is 0 Å². The number of sulfone groups is 1. The lowest BCUT2D eigenvalue weighted by Crippen LogP contribution is -2.50. The van der Waals surface area contributed by atoms with Crippen molar-refractivity contribution in [3.63, 3.8) is 0 Å². The number of carbonyl (C=O) groups excluding carboxylic acids is 2. The zero-order chi connectivity index (χ0) is 22.4. The number of alkyl halides is 2. The van der Waals surface area contributed by atoms with Gasteiger partial charge >= 0.3 is 5.76 Å². The summed E-state index contributed by atoms with van der Waals surface area (Å²) in [5.41, 5.74) is 1.41. The standard InChI is InChI=1S/C22H24F2N2O4S/c23-22(24)31(29,30)19-11-9-18(10-12-19)21(28)26-15-13-25(14-16-26)20(27)8-4-7-17-5-2-1-3-6-17/h1-3,5-6,9-12,22H,4,7-8,13-16H2. The van der Waals surface area contributed by atoms with Gasteiger partial charge in [0.25, 0.3) is 5.91 Å². The summed E-state index contributed by atoms with van der Waals surface area (Å²) >= 11 is 0. The molecule has 6 nitrogen and oxygen atoms in total. The number of hydrogen-bond donors (Lipinski definition) is 0. The van der Waals surface area contributed by atoms with Crippen LogP contribution in [0.5, 0.6) is 0 Å². The molecular weight excluding hydrogens is 426 g/mol. The van der Waals surface area contributed by atoms with Crippen molar-refractivity contribution in [3.05, 3.63) is 65.7 Å². The third kappa shape index (κ3) is 5.66. The first-order valence-corrected chi connectivity index (χ1v) is 11.6. The van der Waals surface area contributed by atoms with E-state index in [2.05, 4.69) is 0 Å². The molecule has 0 spiro atoms. The number of carbonyl (C=O) groups is 2. The Kier molecular flexibility index (Phi) is 7.37. The van der Waals surface area contributed by atoms with Crippen LogP contribution in [0, 0.1) is 0 Å². The molecule has 0 saturated carbocycles. The van der Waals surface area contributed by atoms with Gasteiger partial charge in [0.05, 0.1) is 4.90 Å². The lowest BCUT2D eigenvalue weighted by molar-refractivity contribution is -0.132. The van der Waals surface area contributed by atoms with Gasteiger partial charge in [-0.2, -0.15) is 8.78 Å². The molecule has 2 aromatic carbocycles. The first-order chi connectivity index (χ1) is 14.8. The minimum atomic E-state index is -4.69. The fourth-order valence-corrected chi connectivity index (χ4v) is 4.20. The molecule has 0 N–H and O–H groups in total. The van der Waals surface area contributed by atoms with Gasteiger partial charge in [-0.05, 0) is 42.7 Å². The van der Waals surface area contributed by atoms with E-state index in [9.17, 15) is 26.8 Å². The summed E-state index contributed by atoms with van der Waals surface area (Å²) in [5.74, 6) is -3.77. The van der Waals surface area contributed by atoms with Gasteiger partial charge in [0, 0.05) is 38.2 Å². The van der Waals surface area contributed by atoms with Crippen LogP contribution in [0.15, 0.2) is 59.5 Å². The summed E-state index contributed by atoms with van der Waals surface area (Å²) in [6, 6.07) is 14.5. The van der Waals surface area contributed by atoms with E-state index in [0.717, 1.165) is 25.0 Å². The molecule has 0 aliphatic carbocycles. The highest BCUT2D eigenvalue weighted by molar-refractivity contribution is 7.91. The fraction of sp³-hybridized carbons (Fsp3) is 0.364. The Morgan fingerprint density at radius 3 is 2.03 bits per heavy atom. The first kappa shape index (κ1) is 22.9. The van der Waals surface area contributed by atoms with E-state index in [1.807, 2.05) is 30.3 Å². The van der Waals surface area contributed by atoms with Crippen molar-refractivity contribution in [2.24, 2.45) is 0 Å². The highest BCUT2D eigenvalue weighted by Crippen LogP contribution is 2.19. The van der Waals surface area contributed by atoms with Crippen LogP contribution >= 0.6 is 0 Å². The molecule has 0 bridgehead atoms. The molecule has 1 aliphatic heterocycles. The predicted molar refractivity (Wildman–Crippen MR) is 111 cm³/mol. The second-order valence-electron chi connectivity index (χ2n) is 7.34. The molecule has 2 aromatic rings. The zero-order valence-electron chi connectivity index (χ0n) is 16.9. The predicted octanol–water partition coefficient (Wildman–Crippen LogP) is 2.99. The third-order valence-electron chi connectivity index (χ3n) is 5.28. The summed E-state index contributed by atoms with van der Waals surface area (Å²) in [6.45, 7) is 1.57. The molecule has 9 heteroatoms. The van der Waals surface area contributed by atoms with Crippen LogP contribution in [0.25, 0.3) is 0 Å². The van der Waals surface area contributed by atoms with E-state index in [0.29, 0.717) is 32.6 Å². The maximum atomic E-state index is 12.6. The lowest BCUT2D eigenvalue weighted by Gasteiger charge is -2.35. The van der Waals surface area contributed by atoms with Crippen molar-refractivity contribution < 1.29 is 26.8 Å². The molecule has 3 rings (SSSR count). The summed E-state index contributed by atoms with van der Waals surface area (Å²) in [5, 5.41) is 0. The Morgan fingerprint density at radius 2 is 1.45 bits per heavy atom. The number of amides is 2. The molecule has 1 fully saturated rings. The molecule has 31 heavy (non-hydrogen) atoms. The highest BCUT2D eigenvalue weighted by Gasteiger charge is 2.28. The largest absolute Gasteiger partial charge is 0.341 e. The smallest absolute Gasteiger partial charge is 0.339 e. The molecule has 2 amide bonds. The monoisotopic (exact) mass is 450 g/mol. The van der Waals surface area contributed by atoms with Crippen molar-refractivity contribution in [1.29, 1.82) is 0 Å².